The van der Waals surface area contributed by atoms with E-state index in [1.165, 1.54) is 5.41 Å². The molecule has 5 heteroatoms. The summed E-state index contributed by atoms with van der Waals surface area (Å²) in [5.74, 6) is 0.161. The second kappa shape index (κ2) is 5.65. The molecule has 4 nitrogen and oxygen atoms in total. The lowest BCUT2D eigenvalue weighted by Crippen LogP contribution is -2.29. The lowest BCUT2D eigenvalue weighted by atomic mass is 10.1. The van der Waals surface area contributed by atoms with Gasteiger partial charge in [-0.1, -0.05) is 30.3 Å². The van der Waals surface area contributed by atoms with Gasteiger partial charge in [0, 0.05) is 25.1 Å². The monoisotopic (exact) mass is 267 g/mol. The molecule has 0 aromatic heterocycles. The number of benzene rings is 1. The summed E-state index contributed by atoms with van der Waals surface area (Å²) in [7, 11) is -1.30. The first-order valence-corrected chi connectivity index (χ1v) is 7.52. The number of hydrogen-bond acceptors (Lipinski definition) is 4. The van der Waals surface area contributed by atoms with Crippen molar-refractivity contribution in [3.63, 3.8) is 0 Å². The Labute approximate surface area is 108 Å². The quantitative estimate of drug-likeness (QED) is 0.872. The summed E-state index contributed by atoms with van der Waals surface area (Å²) in [6.07, 6.45) is 1.70. The molecule has 18 heavy (non-hydrogen) atoms. The van der Waals surface area contributed by atoms with E-state index in [0.717, 1.165) is 11.1 Å². The lowest BCUT2D eigenvalue weighted by molar-refractivity contribution is 0.185. The molecule has 0 aliphatic carbocycles. The van der Waals surface area contributed by atoms with Gasteiger partial charge in [-0.2, -0.15) is 0 Å². The van der Waals surface area contributed by atoms with Crippen molar-refractivity contribution in [2.75, 3.05) is 12.9 Å². The van der Waals surface area contributed by atoms with Crippen molar-refractivity contribution in [3.05, 3.63) is 46.9 Å². The summed E-state index contributed by atoms with van der Waals surface area (Å²) in [5, 5.41) is 4.49. The minimum absolute atomic E-state index is 0.0753. The van der Waals surface area contributed by atoms with Gasteiger partial charge in [0.1, 0.15) is 0 Å². The molecule has 1 aliphatic rings. The Morgan fingerprint density at radius 3 is 2.50 bits per heavy atom. The van der Waals surface area contributed by atoms with E-state index in [9.17, 15) is 8.42 Å². The summed E-state index contributed by atoms with van der Waals surface area (Å²) >= 11 is 0. The van der Waals surface area contributed by atoms with Crippen LogP contribution in [0.25, 0.3) is 0 Å². The van der Waals surface area contributed by atoms with Gasteiger partial charge in [-0.3, -0.25) is 0 Å². The van der Waals surface area contributed by atoms with Crippen LogP contribution >= 0.6 is 0 Å². The Kier molecular flexibility index (Phi) is 4.16. The first-order chi connectivity index (χ1) is 8.59. The van der Waals surface area contributed by atoms with Crippen LogP contribution in [0.15, 0.2) is 35.7 Å². The predicted octanol–water partition coefficient (Wildman–Crippen LogP) is 1.23. The number of nitrogens with one attached hydrogen (secondary N) is 1. The predicted molar refractivity (Wildman–Crippen MR) is 70.7 cm³/mol. The van der Waals surface area contributed by atoms with E-state index in [4.69, 9.17) is 4.74 Å². The molecule has 98 valence electrons. The number of hydrogen-bond donors (Lipinski definition) is 1. The van der Waals surface area contributed by atoms with Crippen molar-refractivity contribution in [1.82, 2.24) is 5.32 Å². The third kappa shape index (κ3) is 3.66. The molecule has 1 atom stereocenters. The van der Waals surface area contributed by atoms with E-state index >= 15 is 0 Å². The summed E-state index contributed by atoms with van der Waals surface area (Å²) < 4.78 is 27.5. The highest BCUT2D eigenvalue weighted by Gasteiger charge is 2.20. The van der Waals surface area contributed by atoms with Crippen molar-refractivity contribution in [2.24, 2.45) is 0 Å². The molecule has 1 N–H and O–H groups in total. The van der Waals surface area contributed by atoms with E-state index in [2.05, 4.69) is 5.32 Å². The highest BCUT2D eigenvalue weighted by Crippen LogP contribution is 2.10. The Balaban J connectivity index is 1.86. The van der Waals surface area contributed by atoms with E-state index in [1.807, 2.05) is 24.3 Å². The second-order valence-electron chi connectivity index (χ2n) is 4.39. The summed E-state index contributed by atoms with van der Waals surface area (Å²) in [4.78, 5) is 0. The average molecular weight is 267 g/mol. The molecule has 0 fully saturated rings. The van der Waals surface area contributed by atoms with Crippen LogP contribution in [0.2, 0.25) is 0 Å². The number of methoxy groups -OCH3 is 1. The van der Waals surface area contributed by atoms with Gasteiger partial charge in [0.15, 0.2) is 9.84 Å². The molecule has 0 amide bonds. The van der Waals surface area contributed by atoms with E-state index in [0.29, 0.717) is 13.2 Å². The number of ether oxygens (including phenoxy) is 1. The third-order valence-electron chi connectivity index (χ3n) is 2.83. The number of rotatable bonds is 5. The van der Waals surface area contributed by atoms with Gasteiger partial charge >= 0.3 is 0 Å². The Morgan fingerprint density at radius 1 is 1.28 bits per heavy atom. The fourth-order valence-corrected chi connectivity index (χ4v) is 3.14. The van der Waals surface area contributed by atoms with Crippen LogP contribution in [0.5, 0.6) is 0 Å². The van der Waals surface area contributed by atoms with Crippen LogP contribution < -0.4 is 5.32 Å². The third-order valence-corrected chi connectivity index (χ3v) is 4.23. The van der Waals surface area contributed by atoms with Gasteiger partial charge in [-0.25, -0.2) is 8.42 Å². The molecule has 1 unspecified atom stereocenters. The van der Waals surface area contributed by atoms with Crippen LogP contribution in [0.4, 0.5) is 0 Å². The molecule has 0 saturated heterocycles. The van der Waals surface area contributed by atoms with Gasteiger partial charge in [0.05, 0.1) is 12.4 Å². The van der Waals surface area contributed by atoms with Gasteiger partial charge < -0.3 is 10.1 Å². The highest BCUT2D eigenvalue weighted by atomic mass is 32.2. The number of sulfone groups is 1. The van der Waals surface area contributed by atoms with Crippen molar-refractivity contribution in [3.8, 4) is 0 Å². The smallest absolute Gasteiger partial charge is 0.173 e. The maximum atomic E-state index is 11.2. The maximum Gasteiger partial charge on any atom is 0.173 e. The molecule has 0 spiro atoms. The summed E-state index contributed by atoms with van der Waals surface area (Å²) in [6.45, 7) is 1.27. The van der Waals surface area contributed by atoms with E-state index in [1.54, 1.807) is 13.2 Å². The topological polar surface area (TPSA) is 55.4 Å². The zero-order chi connectivity index (χ0) is 13.0. The molecule has 1 aromatic carbocycles. The largest absolute Gasteiger partial charge is 0.380 e. The SMILES string of the molecule is COCc1ccc(CNC2C=CS(=O)(=O)C2)cc1. The Hall–Kier alpha value is -1.17. The second-order valence-corrected chi connectivity index (χ2v) is 6.33. The van der Waals surface area contributed by atoms with Gasteiger partial charge in [-0.05, 0) is 11.1 Å². The van der Waals surface area contributed by atoms with E-state index in [-0.39, 0.29) is 11.8 Å². The minimum atomic E-state index is -2.97. The molecule has 0 bridgehead atoms. The van der Waals surface area contributed by atoms with Gasteiger partial charge in [-0.15, -0.1) is 0 Å². The van der Waals surface area contributed by atoms with Crippen LogP contribution in [-0.4, -0.2) is 27.3 Å². The molecule has 1 heterocycles. The zero-order valence-electron chi connectivity index (χ0n) is 10.3. The van der Waals surface area contributed by atoms with Gasteiger partial charge in [0.2, 0.25) is 0 Å². The van der Waals surface area contributed by atoms with Crippen LogP contribution in [0.3, 0.4) is 0 Å². The zero-order valence-corrected chi connectivity index (χ0v) is 11.1. The molecular formula is C13H17NO3S. The first kappa shape index (κ1) is 13.3. The fourth-order valence-electron chi connectivity index (χ4n) is 1.87. The minimum Gasteiger partial charge on any atom is -0.380 e. The normalized spacial score (nSPS) is 21.3. The van der Waals surface area contributed by atoms with Crippen molar-refractivity contribution >= 4 is 9.84 Å². The molecular weight excluding hydrogens is 250 g/mol. The standard InChI is InChI=1S/C13H17NO3S/c1-17-9-12-4-2-11(3-5-12)8-14-13-6-7-18(15,16)10-13/h2-7,13-14H,8-10H2,1H3. The Bertz CT molecular complexity index is 520. The summed E-state index contributed by atoms with van der Waals surface area (Å²) in [6, 6.07) is 8.00. The fraction of sp³-hybridized carbons (Fsp3) is 0.385. The van der Waals surface area contributed by atoms with Crippen LogP contribution in [0, 0.1) is 0 Å². The van der Waals surface area contributed by atoms with Crippen molar-refractivity contribution < 1.29 is 13.2 Å². The molecule has 0 radical (unpaired) electrons. The average Bonchev–Trinajstić information content (AvgIpc) is 2.69. The summed E-state index contributed by atoms with van der Waals surface area (Å²) in [5.41, 5.74) is 2.26. The maximum absolute atomic E-state index is 11.2. The van der Waals surface area contributed by atoms with Crippen LogP contribution in [0.1, 0.15) is 11.1 Å². The molecule has 1 aromatic rings. The molecule has 0 saturated carbocycles. The van der Waals surface area contributed by atoms with E-state index < -0.39 is 9.84 Å². The lowest BCUT2D eigenvalue weighted by Gasteiger charge is -2.10. The molecule has 2 rings (SSSR count). The first-order valence-electron chi connectivity index (χ1n) is 5.80. The van der Waals surface area contributed by atoms with Crippen molar-refractivity contribution in [1.29, 1.82) is 0 Å². The highest BCUT2D eigenvalue weighted by molar-refractivity contribution is 7.94. The molecule has 1 aliphatic heterocycles. The Morgan fingerprint density at radius 2 is 1.94 bits per heavy atom. The van der Waals surface area contributed by atoms with Crippen molar-refractivity contribution in [2.45, 2.75) is 19.2 Å². The van der Waals surface area contributed by atoms with Gasteiger partial charge in [0.25, 0.3) is 0 Å². The van der Waals surface area contributed by atoms with Crippen LogP contribution in [-0.2, 0) is 27.7 Å².